The Morgan fingerprint density at radius 2 is 2.40 bits per heavy atom. The number of carbonyl (C=O) groups is 1. The van der Waals surface area contributed by atoms with Crippen LogP contribution in [0, 0.1) is 3.57 Å². The summed E-state index contributed by atoms with van der Waals surface area (Å²) in [7, 11) is 0. The van der Waals surface area contributed by atoms with E-state index < -0.39 is 5.97 Å². The molecule has 0 aliphatic rings. The SMILES string of the molecule is O=C(O)Cn1cc(I)c2cc(Cl)ncc21. The van der Waals surface area contributed by atoms with Gasteiger partial charge < -0.3 is 9.67 Å². The lowest BCUT2D eigenvalue weighted by molar-refractivity contribution is -0.137. The normalized spacial score (nSPS) is 10.8. The van der Waals surface area contributed by atoms with Crippen molar-refractivity contribution in [1.82, 2.24) is 9.55 Å². The highest BCUT2D eigenvalue weighted by Gasteiger charge is 2.09. The molecule has 6 heteroatoms. The van der Waals surface area contributed by atoms with Crippen LogP contribution >= 0.6 is 34.2 Å². The van der Waals surface area contributed by atoms with Gasteiger partial charge in [0, 0.05) is 15.2 Å². The molecule has 0 saturated heterocycles. The van der Waals surface area contributed by atoms with Gasteiger partial charge in [-0.05, 0) is 28.7 Å². The number of halogens is 2. The maximum Gasteiger partial charge on any atom is 0.323 e. The lowest BCUT2D eigenvalue weighted by Crippen LogP contribution is -2.07. The number of carboxylic acid groups (broad SMARTS) is 1. The van der Waals surface area contributed by atoms with E-state index in [1.165, 1.54) is 0 Å². The predicted molar refractivity (Wildman–Crippen MR) is 65.1 cm³/mol. The molecule has 0 aliphatic heterocycles. The Morgan fingerprint density at radius 1 is 1.67 bits per heavy atom. The Kier molecular flexibility index (Phi) is 2.83. The van der Waals surface area contributed by atoms with Gasteiger partial charge in [0.25, 0.3) is 0 Å². The number of aliphatic carboxylic acids is 1. The number of fused-ring (bicyclic) bond motifs is 1. The Hall–Kier alpha value is -0.820. The first-order chi connectivity index (χ1) is 7.08. The largest absolute Gasteiger partial charge is 0.480 e. The zero-order valence-electron chi connectivity index (χ0n) is 7.44. The molecule has 0 amide bonds. The highest BCUT2D eigenvalue weighted by Crippen LogP contribution is 2.24. The van der Waals surface area contributed by atoms with Gasteiger partial charge in [0.1, 0.15) is 11.7 Å². The second kappa shape index (κ2) is 3.97. The molecule has 2 aromatic heterocycles. The Morgan fingerprint density at radius 3 is 3.07 bits per heavy atom. The molecule has 0 aromatic carbocycles. The van der Waals surface area contributed by atoms with Crippen molar-refractivity contribution in [2.45, 2.75) is 6.54 Å². The first-order valence-corrected chi connectivity index (χ1v) is 5.55. The van der Waals surface area contributed by atoms with Crippen LogP contribution in [0.4, 0.5) is 0 Å². The molecule has 0 aliphatic carbocycles. The Balaban J connectivity index is 2.62. The summed E-state index contributed by atoms with van der Waals surface area (Å²) in [5.74, 6) is -0.877. The molecule has 0 saturated carbocycles. The van der Waals surface area contributed by atoms with Gasteiger partial charge in [-0.1, -0.05) is 11.6 Å². The highest BCUT2D eigenvalue weighted by atomic mass is 127. The highest BCUT2D eigenvalue weighted by molar-refractivity contribution is 14.1. The third-order valence-electron chi connectivity index (χ3n) is 1.99. The van der Waals surface area contributed by atoms with Crippen LogP contribution in [0.15, 0.2) is 18.5 Å². The van der Waals surface area contributed by atoms with Gasteiger partial charge in [0.2, 0.25) is 0 Å². The maximum absolute atomic E-state index is 10.6. The van der Waals surface area contributed by atoms with Crippen molar-refractivity contribution in [1.29, 1.82) is 0 Å². The molecule has 0 unspecified atom stereocenters. The van der Waals surface area contributed by atoms with E-state index in [1.54, 1.807) is 23.0 Å². The van der Waals surface area contributed by atoms with Crippen LogP contribution in [-0.4, -0.2) is 20.6 Å². The number of nitrogens with zero attached hydrogens (tertiary/aromatic N) is 2. The second-order valence-corrected chi connectivity index (χ2v) is 4.57. The van der Waals surface area contributed by atoms with Crippen LogP contribution in [0.25, 0.3) is 10.9 Å². The molecule has 2 rings (SSSR count). The van der Waals surface area contributed by atoms with Crippen molar-refractivity contribution in [3.63, 3.8) is 0 Å². The summed E-state index contributed by atoms with van der Waals surface area (Å²) < 4.78 is 2.61. The van der Waals surface area contributed by atoms with Crippen molar-refractivity contribution in [2.24, 2.45) is 0 Å². The van der Waals surface area contributed by atoms with Crippen molar-refractivity contribution >= 4 is 51.1 Å². The number of carboxylic acids is 1. The molecule has 15 heavy (non-hydrogen) atoms. The molecule has 0 atom stereocenters. The number of rotatable bonds is 2. The van der Waals surface area contributed by atoms with Crippen LogP contribution in [0.5, 0.6) is 0 Å². The van der Waals surface area contributed by atoms with E-state index in [0.717, 1.165) is 14.5 Å². The average molecular weight is 337 g/mol. The minimum Gasteiger partial charge on any atom is -0.480 e. The van der Waals surface area contributed by atoms with E-state index in [2.05, 4.69) is 27.6 Å². The monoisotopic (exact) mass is 336 g/mol. The van der Waals surface area contributed by atoms with Gasteiger partial charge in [-0.2, -0.15) is 0 Å². The topological polar surface area (TPSA) is 55.1 Å². The van der Waals surface area contributed by atoms with E-state index in [-0.39, 0.29) is 6.54 Å². The van der Waals surface area contributed by atoms with Gasteiger partial charge in [0.15, 0.2) is 0 Å². The van der Waals surface area contributed by atoms with Crippen LogP contribution in [-0.2, 0) is 11.3 Å². The maximum atomic E-state index is 10.6. The second-order valence-electron chi connectivity index (χ2n) is 3.02. The molecular weight excluding hydrogens is 330 g/mol. The fourth-order valence-corrected chi connectivity index (χ4v) is 2.32. The lowest BCUT2D eigenvalue weighted by Gasteiger charge is -1.99. The summed E-state index contributed by atoms with van der Waals surface area (Å²) >= 11 is 7.91. The minimum atomic E-state index is -0.877. The van der Waals surface area contributed by atoms with Crippen molar-refractivity contribution in [2.75, 3.05) is 0 Å². The molecule has 78 valence electrons. The molecule has 0 bridgehead atoms. The molecular formula is C9H6ClIN2O2. The van der Waals surface area contributed by atoms with Crippen LogP contribution in [0.1, 0.15) is 0 Å². The summed E-state index contributed by atoms with van der Waals surface area (Å²) in [4.78, 5) is 14.6. The van der Waals surface area contributed by atoms with E-state index >= 15 is 0 Å². The van der Waals surface area contributed by atoms with Gasteiger partial charge in [0.05, 0.1) is 11.7 Å². The summed E-state index contributed by atoms with van der Waals surface area (Å²) in [6, 6.07) is 1.73. The third-order valence-corrected chi connectivity index (χ3v) is 3.06. The first-order valence-electron chi connectivity index (χ1n) is 4.09. The van der Waals surface area contributed by atoms with Crippen LogP contribution in [0.3, 0.4) is 0 Å². The fourth-order valence-electron chi connectivity index (χ4n) is 1.40. The number of pyridine rings is 1. The number of aromatic nitrogens is 2. The van der Waals surface area contributed by atoms with Gasteiger partial charge in [-0.15, -0.1) is 0 Å². The molecule has 4 nitrogen and oxygen atoms in total. The van der Waals surface area contributed by atoms with Crippen molar-refractivity contribution < 1.29 is 9.90 Å². The minimum absolute atomic E-state index is 0.0667. The Bertz CT molecular complexity index is 538. The number of hydrogen-bond acceptors (Lipinski definition) is 2. The molecule has 2 aromatic rings. The van der Waals surface area contributed by atoms with Crippen LogP contribution in [0.2, 0.25) is 5.15 Å². The fraction of sp³-hybridized carbons (Fsp3) is 0.111. The van der Waals surface area contributed by atoms with E-state index in [0.29, 0.717) is 5.15 Å². The number of hydrogen-bond donors (Lipinski definition) is 1. The van der Waals surface area contributed by atoms with Crippen molar-refractivity contribution in [3.8, 4) is 0 Å². The standard InChI is InChI=1S/C9H6ClIN2O2/c10-8-1-5-6(11)3-13(4-9(14)15)7(5)2-12-8/h1-3H,4H2,(H,14,15). The summed E-state index contributed by atoms with van der Waals surface area (Å²) in [6.07, 6.45) is 3.36. The molecule has 0 fully saturated rings. The van der Waals surface area contributed by atoms with Gasteiger partial charge in [-0.25, -0.2) is 4.98 Å². The average Bonchev–Trinajstić information content (AvgIpc) is 2.42. The zero-order valence-corrected chi connectivity index (χ0v) is 10.4. The van der Waals surface area contributed by atoms with Crippen LogP contribution < -0.4 is 0 Å². The summed E-state index contributed by atoms with van der Waals surface area (Å²) in [5.41, 5.74) is 0.784. The van der Waals surface area contributed by atoms with E-state index in [4.69, 9.17) is 16.7 Å². The molecule has 0 radical (unpaired) electrons. The van der Waals surface area contributed by atoms with E-state index in [1.807, 2.05) is 0 Å². The first kappa shape index (κ1) is 10.7. The molecule has 2 heterocycles. The van der Waals surface area contributed by atoms with Crippen molar-refractivity contribution in [3.05, 3.63) is 27.2 Å². The smallest absolute Gasteiger partial charge is 0.323 e. The van der Waals surface area contributed by atoms with Gasteiger partial charge >= 0.3 is 5.97 Å². The summed E-state index contributed by atoms with van der Waals surface area (Å²) in [5, 5.41) is 10.1. The zero-order chi connectivity index (χ0) is 11.0. The lowest BCUT2D eigenvalue weighted by atomic mass is 10.3. The third kappa shape index (κ3) is 2.07. The Labute approximate surface area is 104 Å². The van der Waals surface area contributed by atoms with Gasteiger partial charge in [-0.3, -0.25) is 4.79 Å². The summed E-state index contributed by atoms with van der Waals surface area (Å²) in [6.45, 7) is -0.0667. The molecule has 1 N–H and O–H groups in total. The quantitative estimate of drug-likeness (QED) is 0.677. The predicted octanol–water partition coefficient (Wildman–Crippen LogP) is 2.38. The molecule has 0 spiro atoms. The van der Waals surface area contributed by atoms with E-state index in [9.17, 15) is 4.79 Å².